The van der Waals surface area contributed by atoms with Crippen LogP contribution in [0.5, 0.6) is 0 Å². The molecule has 2 heterocycles. The number of carbonyl (C=O) groups excluding carboxylic acids is 2. The van der Waals surface area contributed by atoms with Crippen LogP contribution in [0.3, 0.4) is 0 Å². The molecule has 0 aliphatic heterocycles. The van der Waals surface area contributed by atoms with Gasteiger partial charge in [0.15, 0.2) is 0 Å². The van der Waals surface area contributed by atoms with Crippen LogP contribution in [0.2, 0.25) is 0 Å². The van der Waals surface area contributed by atoms with Gasteiger partial charge in [-0.15, -0.1) is 11.3 Å². The molecule has 0 saturated heterocycles. The first-order chi connectivity index (χ1) is 13.5. The topological polar surface area (TPSA) is 91.0 Å². The minimum atomic E-state index is -0.153. The van der Waals surface area contributed by atoms with Crippen LogP contribution in [-0.2, 0) is 29.1 Å². The summed E-state index contributed by atoms with van der Waals surface area (Å²) in [6.07, 6.45) is 1.32. The van der Waals surface area contributed by atoms with Crippen LogP contribution in [0, 0.1) is 25.2 Å². The van der Waals surface area contributed by atoms with E-state index < -0.39 is 0 Å². The van der Waals surface area contributed by atoms with Gasteiger partial charge in [0.1, 0.15) is 0 Å². The first-order valence-electron chi connectivity index (χ1n) is 9.42. The number of hydrogen-bond acceptors (Lipinski definition) is 5. The van der Waals surface area contributed by atoms with E-state index in [1.165, 1.54) is 0 Å². The molecule has 2 rings (SSSR count). The summed E-state index contributed by atoms with van der Waals surface area (Å²) >= 11 is 1.59. The monoisotopic (exact) mass is 401 g/mol. The third kappa shape index (κ3) is 5.92. The highest BCUT2D eigenvalue weighted by Gasteiger charge is 2.18. The lowest BCUT2D eigenvalue weighted by Gasteiger charge is -2.20. The van der Waals surface area contributed by atoms with Crippen LogP contribution in [-0.4, -0.2) is 39.6 Å². The highest BCUT2D eigenvalue weighted by Crippen LogP contribution is 2.16. The van der Waals surface area contributed by atoms with Crippen molar-refractivity contribution < 1.29 is 9.59 Å². The average molecular weight is 402 g/mol. The molecule has 2 aromatic heterocycles. The summed E-state index contributed by atoms with van der Waals surface area (Å²) in [4.78, 5) is 27.4. The summed E-state index contributed by atoms with van der Waals surface area (Å²) in [7, 11) is 0. The number of nitrogens with zero attached hydrogens (tertiary/aromatic N) is 4. The Morgan fingerprint density at radius 2 is 2.18 bits per heavy atom. The Bertz CT molecular complexity index is 836. The predicted octanol–water partition coefficient (Wildman–Crippen LogP) is 2.57. The van der Waals surface area contributed by atoms with Crippen molar-refractivity contribution >= 4 is 23.2 Å². The van der Waals surface area contributed by atoms with Gasteiger partial charge in [0.05, 0.1) is 37.8 Å². The van der Waals surface area contributed by atoms with Crippen molar-refractivity contribution in [2.24, 2.45) is 0 Å². The number of aromatic nitrogens is 2. The normalized spacial score (nSPS) is 10.5. The zero-order valence-electron chi connectivity index (χ0n) is 16.7. The molecule has 1 N–H and O–H groups in total. The number of carbonyl (C=O) groups is 2. The molecule has 0 aliphatic carbocycles. The van der Waals surface area contributed by atoms with E-state index in [9.17, 15) is 9.59 Å². The van der Waals surface area contributed by atoms with Crippen LogP contribution in [0.15, 0.2) is 17.5 Å². The SMILES string of the molecule is CCN(CC(=O)NCc1cccs1)C(=O)CCc1c(C)nn(CCC#N)c1C. The molecule has 150 valence electrons. The number of thiophene rings is 1. The second-order valence-corrected chi connectivity index (χ2v) is 7.58. The Morgan fingerprint density at radius 1 is 1.39 bits per heavy atom. The molecule has 2 amide bonds. The fourth-order valence-electron chi connectivity index (χ4n) is 3.06. The Labute approximate surface area is 170 Å². The van der Waals surface area contributed by atoms with Gasteiger partial charge >= 0.3 is 0 Å². The minimum absolute atomic E-state index is 0.0441. The molecule has 28 heavy (non-hydrogen) atoms. The highest BCUT2D eigenvalue weighted by atomic mass is 32.1. The van der Waals surface area contributed by atoms with Crippen molar-refractivity contribution in [1.82, 2.24) is 20.0 Å². The van der Waals surface area contributed by atoms with Gasteiger partial charge < -0.3 is 10.2 Å². The smallest absolute Gasteiger partial charge is 0.239 e. The molecule has 2 aromatic rings. The lowest BCUT2D eigenvalue weighted by Crippen LogP contribution is -2.40. The number of nitrogens with one attached hydrogen (secondary N) is 1. The van der Waals surface area contributed by atoms with Gasteiger partial charge in [-0.3, -0.25) is 14.3 Å². The van der Waals surface area contributed by atoms with Gasteiger partial charge in [-0.2, -0.15) is 10.4 Å². The van der Waals surface area contributed by atoms with E-state index in [4.69, 9.17) is 5.26 Å². The Kier molecular flexibility index (Phi) is 8.20. The van der Waals surface area contributed by atoms with Crippen LogP contribution in [0.4, 0.5) is 0 Å². The molecule has 0 unspecified atom stereocenters. The lowest BCUT2D eigenvalue weighted by molar-refractivity contribution is -0.135. The van der Waals surface area contributed by atoms with E-state index >= 15 is 0 Å². The Morgan fingerprint density at radius 3 is 2.82 bits per heavy atom. The van der Waals surface area contributed by atoms with E-state index in [-0.39, 0.29) is 18.4 Å². The Hall–Kier alpha value is -2.66. The Balaban J connectivity index is 1.87. The van der Waals surface area contributed by atoms with Crippen LogP contribution in [0.25, 0.3) is 0 Å². The average Bonchev–Trinajstić information content (AvgIpc) is 3.29. The first kappa shape index (κ1) is 21.6. The summed E-state index contributed by atoms with van der Waals surface area (Å²) in [5, 5.41) is 18.0. The lowest BCUT2D eigenvalue weighted by atomic mass is 10.1. The fraction of sp³-hybridized carbons (Fsp3) is 0.500. The summed E-state index contributed by atoms with van der Waals surface area (Å²) < 4.78 is 1.83. The molecule has 0 radical (unpaired) electrons. The van der Waals surface area contributed by atoms with Crippen molar-refractivity contribution in [3.63, 3.8) is 0 Å². The maximum absolute atomic E-state index is 12.6. The molecular weight excluding hydrogens is 374 g/mol. The molecule has 0 spiro atoms. The van der Waals surface area contributed by atoms with E-state index in [0.29, 0.717) is 38.9 Å². The quantitative estimate of drug-likeness (QED) is 0.662. The van der Waals surface area contributed by atoms with E-state index in [1.54, 1.807) is 16.2 Å². The van der Waals surface area contributed by atoms with Gasteiger partial charge in [0.2, 0.25) is 11.8 Å². The van der Waals surface area contributed by atoms with Crippen molar-refractivity contribution in [2.75, 3.05) is 13.1 Å². The number of likely N-dealkylation sites (N-methyl/N-ethyl adjacent to an activating group) is 1. The predicted molar refractivity (Wildman–Crippen MR) is 109 cm³/mol. The molecule has 0 bridgehead atoms. The standard InChI is InChI=1S/C20H27N5O2S/c1-4-24(14-19(26)22-13-17-7-5-12-28-17)20(27)9-8-18-15(2)23-25(16(18)3)11-6-10-21/h5,7,12H,4,6,8-9,11,13-14H2,1-3H3,(H,22,26). The molecular formula is C20H27N5O2S. The number of hydrogen-bond donors (Lipinski definition) is 1. The third-order valence-electron chi connectivity index (χ3n) is 4.66. The summed E-state index contributed by atoms with van der Waals surface area (Å²) in [6.45, 7) is 7.37. The van der Waals surface area contributed by atoms with Crippen molar-refractivity contribution in [3.05, 3.63) is 39.3 Å². The zero-order valence-corrected chi connectivity index (χ0v) is 17.5. The minimum Gasteiger partial charge on any atom is -0.350 e. The van der Waals surface area contributed by atoms with E-state index in [2.05, 4.69) is 16.5 Å². The molecule has 0 fully saturated rings. The third-order valence-corrected chi connectivity index (χ3v) is 5.54. The van der Waals surface area contributed by atoms with Crippen molar-refractivity contribution in [3.8, 4) is 6.07 Å². The van der Waals surface area contributed by atoms with Gasteiger partial charge in [-0.25, -0.2) is 0 Å². The van der Waals surface area contributed by atoms with Crippen LogP contribution >= 0.6 is 11.3 Å². The highest BCUT2D eigenvalue weighted by molar-refractivity contribution is 7.09. The van der Waals surface area contributed by atoms with Gasteiger partial charge in [-0.1, -0.05) is 6.07 Å². The molecule has 7 nitrogen and oxygen atoms in total. The number of rotatable bonds is 10. The molecule has 0 aliphatic rings. The summed E-state index contributed by atoms with van der Waals surface area (Å²) in [6, 6.07) is 6.04. The first-order valence-corrected chi connectivity index (χ1v) is 10.3. The second kappa shape index (κ2) is 10.6. The van der Waals surface area contributed by atoms with E-state index in [0.717, 1.165) is 21.8 Å². The summed E-state index contributed by atoms with van der Waals surface area (Å²) in [5.41, 5.74) is 2.93. The van der Waals surface area contributed by atoms with E-state index in [1.807, 2.05) is 43.0 Å². The molecule has 0 saturated carbocycles. The van der Waals surface area contributed by atoms with Gasteiger partial charge in [0, 0.05) is 23.5 Å². The molecule has 8 heteroatoms. The van der Waals surface area contributed by atoms with Gasteiger partial charge in [0.25, 0.3) is 0 Å². The van der Waals surface area contributed by atoms with Crippen molar-refractivity contribution in [1.29, 1.82) is 5.26 Å². The largest absolute Gasteiger partial charge is 0.350 e. The molecule has 0 atom stereocenters. The number of nitriles is 1. The van der Waals surface area contributed by atoms with Crippen LogP contribution in [0.1, 0.15) is 41.6 Å². The van der Waals surface area contributed by atoms with Crippen LogP contribution < -0.4 is 5.32 Å². The molecule has 0 aromatic carbocycles. The fourth-order valence-corrected chi connectivity index (χ4v) is 3.71. The maximum atomic E-state index is 12.6. The maximum Gasteiger partial charge on any atom is 0.239 e. The zero-order chi connectivity index (χ0) is 20.5. The second-order valence-electron chi connectivity index (χ2n) is 6.54. The number of aryl methyl sites for hydroxylation is 2. The summed E-state index contributed by atoms with van der Waals surface area (Å²) in [5.74, 6) is -0.197. The number of amides is 2. The van der Waals surface area contributed by atoms with Gasteiger partial charge in [-0.05, 0) is 44.2 Å². The van der Waals surface area contributed by atoms with Crippen molar-refractivity contribution in [2.45, 2.75) is 53.1 Å².